The predicted octanol–water partition coefficient (Wildman–Crippen LogP) is 5.14. The van der Waals surface area contributed by atoms with Crippen LogP contribution in [0.4, 0.5) is 14.9 Å². The van der Waals surface area contributed by atoms with E-state index in [2.05, 4.69) is 5.32 Å². The molecule has 7 nitrogen and oxygen atoms in total. The zero-order chi connectivity index (χ0) is 21.2. The molecular weight excluding hydrogens is 397 g/mol. The molecule has 1 aliphatic carbocycles. The number of non-ortho nitro benzene ring substituents is 1. The van der Waals surface area contributed by atoms with Gasteiger partial charge in [0.25, 0.3) is 5.69 Å². The van der Waals surface area contributed by atoms with Gasteiger partial charge >= 0.3 is 6.09 Å². The third-order valence-electron chi connectivity index (χ3n) is 5.24. The molecular formula is C20H26FN3O4S. The first-order valence-electron chi connectivity index (χ1n) is 9.78. The van der Waals surface area contributed by atoms with E-state index in [-0.39, 0.29) is 17.2 Å². The fourth-order valence-electron chi connectivity index (χ4n) is 3.99. The van der Waals surface area contributed by atoms with E-state index in [0.717, 1.165) is 31.7 Å². The normalized spacial score (nSPS) is 24.7. The number of nitro groups is 1. The van der Waals surface area contributed by atoms with Crippen LogP contribution in [0.2, 0.25) is 0 Å². The molecule has 1 heterocycles. The molecule has 1 aliphatic heterocycles. The minimum atomic E-state index is -0.928. The van der Waals surface area contributed by atoms with Gasteiger partial charge in [-0.15, -0.1) is 0 Å². The summed E-state index contributed by atoms with van der Waals surface area (Å²) < 4.78 is 20.2. The number of amides is 1. The number of fused-ring (bicyclic) bond motifs is 1. The van der Waals surface area contributed by atoms with E-state index in [1.165, 1.54) is 23.9 Å². The summed E-state index contributed by atoms with van der Waals surface area (Å²) in [5.41, 5.74) is -1.50. The van der Waals surface area contributed by atoms with E-state index in [0.29, 0.717) is 17.3 Å². The second-order valence-corrected chi connectivity index (χ2v) is 9.51. The first-order valence-corrected chi connectivity index (χ1v) is 10.8. The maximum Gasteiger partial charge on any atom is 0.413 e. The highest BCUT2D eigenvalue weighted by atomic mass is 32.2. The van der Waals surface area contributed by atoms with Gasteiger partial charge in [-0.2, -0.15) is 0 Å². The van der Waals surface area contributed by atoms with Crippen molar-refractivity contribution in [2.75, 3.05) is 5.75 Å². The molecule has 158 valence electrons. The number of halogens is 1. The number of ether oxygens (including phenoxy) is 1. The van der Waals surface area contributed by atoms with Crippen LogP contribution >= 0.6 is 11.8 Å². The lowest BCUT2D eigenvalue weighted by atomic mass is 9.75. The van der Waals surface area contributed by atoms with Gasteiger partial charge in [-0.05, 0) is 45.6 Å². The number of rotatable bonds is 2. The second kappa shape index (κ2) is 8.30. The SMILES string of the molecule is CC(C)(C)OC(=O)NC1=N[C@@]2(c3cc([N+](=O)[O-])ccc3F)CCCCC[C@H]2CS1. The van der Waals surface area contributed by atoms with Gasteiger partial charge < -0.3 is 4.74 Å². The number of nitrogens with zero attached hydrogens (tertiary/aromatic N) is 2. The molecule has 1 saturated carbocycles. The standard InChI is InChI=1S/C20H26FN3O4S/c1-19(2,3)28-18(25)22-17-23-20(10-6-4-5-7-13(20)12-29-17)15-11-14(24(26)27)8-9-16(15)21/h8-9,11,13H,4-7,10,12H2,1-3H3,(H,22,23,25)/t13-,20-/m0/s1. The Bertz CT molecular complexity index is 840. The molecule has 0 spiro atoms. The zero-order valence-electron chi connectivity index (χ0n) is 16.9. The Kier molecular flexibility index (Phi) is 6.16. The van der Waals surface area contributed by atoms with E-state index in [4.69, 9.17) is 9.73 Å². The third-order valence-corrected chi connectivity index (χ3v) is 6.28. The highest BCUT2D eigenvalue weighted by Crippen LogP contribution is 2.49. The first-order chi connectivity index (χ1) is 13.6. The molecule has 2 aliphatic rings. The Morgan fingerprint density at radius 2 is 2.14 bits per heavy atom. The number of nitrogens with one attached hydrogen (secondary N) is 1. The van der Waals surface area contributed by atoms with E-state index in [9.17, 15) is 19.3 Å². The molecule has 0 radical (unpaired) electrons. The lowest BCUT2D eigenvalue weighted by molar-refractivity contribution is -0.385. The molecule has 1 N–H and O–H groups in total. The molecule has 3 rings (SSSR count). The lowest BCUT2D eigenvalue weighted by Crippen LogP contribution is -2.44. The summed E-state index contributed by atoms with van der Waals surface area (Å²) in [6, 6.07) is 3.61. The number of alkyl carbamates (subject to hydrolysis) is 1. The van der Waals surface area contributed by atoms with Crippen molar-refractivity contribution in [2.45, 2.75) is 64.0 Å². The number of carbonyl (C=O) groups is 1. The average molecular weight is 424 g/mol. The van der Waals surface area contributed by atoms with Crippen LogP contribution in [0, 0.1) is 21.8 Å². The summed E-state index contributed by atoms with van der Waals surface area (Å²) in [6.45, 7) is 5.30. The highest BCUT2D eigenvalue weighted by Gasteiger charge is 2.46. The summed E-state index contributed by atoms with van der Waals surface area (Å²) in [6.07, 6.45) is 3.67. The second-order valence-electron chi connectivity index (χ2n) is 8.50. The Labute approximate surface area is 173 Å². The van der Waals surface area contributed by atoms with Crippen LogP contribution in [-0.2, 0) is 10.3 Å². The van der Waals surface area contributed by atoms with Gasteiger partial charge in [-0.1, -0.05) is 31.0 Å². The van der Waals surface area contributed by atoms with Crippen molar-refractivity contribution in [1.82, 2.24) is 5.32 Å². The minimum absolute atomic E-state index is 0.0377. The first kappa shape index (κ1) is 21.5. The van der Waals surface area contributed by atoms with E-state index in [1.54, 1.807) is 20.8 Å². The highest BCUT2D eigenvalue weighted by molar-refractivity contribution is 8.13. The molecule has 1 amide bonds. The Morgan fingerprint density at radius 3 is 2.83 bits per heavy atom. The van der Waals surface area contributed by atoms with Crippen molar-refractivity contribution < 1.29 is 18.8 Å². The van der Waals surface area contributed by atoms with Crippen molar-refractivity contribution >= 4 is 28.7 Å². The number of thioether (sulfide) groups is 1. The number of carbonyl (C=O) groups excluding carboxylic acids is 1. The zero-order valence-corrected chi connectivity index (χ0v) is 17.7. The molecule has 9 heteroatoms. The fourth-order valence-corrected chi connectivity index (χ4v) is 5.18. The van der Waals surface area contributed by atoms with Crippen molar-refractivity contribution in [1.29, 1.82) is 0 Å². The van der Waals surface area contributed by atoms with Gasteiger partial charge in [0, 0.05) is 23.4 Å². The molecule has 2 atom stereocenters. The van der Waals surface area contributed by atoms with Crippen molar-refractivity contribution in [3.8, 4) is 0 Å². The van der Waals surface area contributed by atoms with E-state index in [1.807, 2.05) is 0 Å². The van der Waals surface area contributed by atoms with Crippen molar-refractivity contribution in [3.63, 3.8) is 0 Å². The average Bonchev–Trinajstić information content (AvgIpc) is 2.82. The summed E-state index contributed by atoms with van der Waals surface area (Å²) >= 11 is 1.40. The summed E-state index contributed by atoms with van der Waals surface area (Å²) in [4.78, 5) is 27.8. The quantitative estimate of drug-likeness (QED) is 0.525. The monoisotopic (exact) mass is 423 g/mol. The molecule has 29 heavy (non-hydrogen) atoms. The summed E-state index contributed by atoms with van der Waals surface area (Å²) in [7, 11) is 0. The number of hydrogen-bond donors (Lipinski definition) is 1. The Morgan fingerprint density at radius 1 is 1.38 bits per heavy atom. The number of nitro benzene ring substituents is 1. The molecule has 0 saturated heterocycles. The van der Waals surface area contributed by atoms with Crippen LogP contribution < -0.4 is 5.32 Å². The molecule has 1 aromatic carbocycles. The molecule has 0 unspecified atom stereocenters. The lowest BCUT2D eigenvalue weighted by Gasteiger charge is -2.40. The molecule has 0 bridgehead atoms. The Hall–Kier alpha value is -2.16. The van der Waals surface area contributed by atoms with Gasteiger partial charge in [0.2, 0.25) is 0 Å². The van der Waals surface area contributed by atoms with Gasteiger partial charge in [0.1, 0.15) is 11.4 Å². The number of aliphatic imine (C=N–C) groups is 1. The number of amidine groups is 1. The van der Waals surface area contributed by atoms with Gasteiger partial charge in [-0.25, -0.2) is 9.18 Å². The van der Waals surface area contributed by atoms with Gasteiger partial charge in [0.05, 0.1) is 10.5 Å². The Balaban J connectivity index is 2.03. The summed E-state index contributed by atoms with van der Waals surface area (Å²) in [5.74, 6) is 0.182. The predicted molar refractivity (Wildman–Crippen MR) is 111 cm³/mol. The van der Waals surface area contributed by atoms with Crippen LogP contribution in [0.5, 0.6) is 0 Å². The van der Waals surface area contributed by atoms with Crippen LogP contribution in [0.25, 0.3) is 0 Å². The molecule has 0 aromatic heterocycles. The van der Waals surface area contributed by atoms with E-state index >= 15 is 0 Å². The number of benzene rings is 1. The third kappa shape index (κ3) is 4.88. The smallest absolute Gasteiger partial charge is 0.413 e. The largest absolute Gasteiger partial charge is 0.444 e. The maximum absolute atomic E-state index is 14.9. The maximum atomic E-state index is 14.9. The molecule has 1 fully saturated rings. The number of hydrogen-bond acceptors (Lipinski definition) is 6. The summed E-state index contributed by atoms with van der Waals surface area (Å²) in [5, 5.41) is 14.3. The van der Waals surface area contributed by atoms with Crippen LogP contribution in [-0.4, -0.2) is 27.5 Å². The van der Waals surface area contributed by atoms with Crippen molar-refractivity contribution in [2.24, 2.45) is 10.9 Å². The van der Waals surface area contributed by atoms with E-state index < -0.39 is 28.0 Å². The van der Waals surface area contributed by atoms with Crippen LogP contribution in [0.1, 0.15) is 58.4 Å². The molecule has 1 aromatic rings. The topological polar surface area (TPSA) is 93.8 Å². The van der Waals surface area contributed by atoms with Crippen LogP contribution in [0.15, 0.2) is 23.2 Å². The van der Waals surface area contributed by atoms with Crippen molar-refractivity contribution in [3.05, 3.63) is 39.7 Å². The van der Waals surface area contributed by atoms with Gasteiger partial charge in [-0.3, -0.25) is 20.4 Å². The fraction of sp³-hybridized carbons (Fsp3) is 0.600. The van der Waals surface area contributed by atoms with Crippen LogP contribution in [0.3, 0.4) is 0 Å². The minimum Gasteiger partial charge on any atom is -0.444 e. The van der Waals surface area contributed by atoms with Gasteiger partial charge in [0.15, 0.2) is 5.17 Å².